The number of nitrogens with zero attached hydrogens (tertiary/aromatic N) is 2. The molecular weight excluding hydrogens is 281 g/mol. The van der Waals surface area contributed by atoms with Crippen molar-refractivity contribution in [2.45, 2.75) is 32.1 Å². The van der Waals surface area contributed by atoms with E-state index < -0.39 is 11.9 Å². The van der Waals surface area contributed by atoms with Crippen molar-refractivity contribution in [2.75, 3.05) is 13.1 Å². The van der Waals surface area contributed by atoms with E-state index in [1.807, 2.05) is 6.92 Å². The Morgan fingerprint density at radius 1 is 1.58 bits per heavy atom. The van der Waals surface area contributed by atoms with Gasteiger partial charge >= 0.3 is 6.18 Å². The number of H-pyrrole nitrogens is 1. The average molecular weight is 299 g/mol. The Balaban J connectivity index is 0.00000180. The van der Waals surface area contributed by atoms with Crippen LogP contribution in [0, 0.1) is 5.92 Å². The molecule has 2 heterocycles. The molecule has 0 saturated carbocycles. The zero-order valence-electron chi connectivity index (χ0n) is 10.6. The van der Waals surface area contributed by atoms with Crippen LogP contribution >= 0.6 is 12.4 Å². The third-order valence-electron chi connectivity index (χ3n) is 3.37. The van der Waals surface area contributed by atoms with Gasteiger partial charge in [0.1, 0.15) is 0 Å². The highest BCUT2D eigenvalue weighted by Gasteiger charge is 2.34. The van der Waals surface area contributed by atoms with Crippen LogP contribution in [-0.2, 0) is 12.7 Å². The van der Waals surface area contributed by atoms with Crippen molar-refractivity contribution in [3.8, 4) is 0 Å². The maximum atomic E-state index is 12.4. The van der Waals surface area contributed by atoms with Gasteiger partial charge in [-0.2, -0.15) is 18.3 Å². The van der Waals surface area contributed by atoms with Crippen LogP contribution in [0.1, 0.15) is 24.7 Å². The molecule has 1 fully saturated rings. The number of nitrogens with two attached hydrogens (primary N) is 1. The van der Waals surface area contributed by atoms with Crippen LogP contribution in [-0.4, -0.2) is 34.2 Å². The maximum Gasteiger partial charge on any atom is 0.435 e. The van der Waals surface area contributed by atoms with E-state index in [1.54, 1.807) is 0 Å². The molecule has 4 nitrogen and oxygen atoms in total. The molecule has 110 valence electrons. The summed E-state index contributed by atoms with van der Waals surface area (Å²) in [6.07, 6.45) is -3.38. The fourth-order valence-corrected chi connectivity index (χ4v) is 2.26. The van der Waals surface area contributed by atoms with E-state index in [0.717, 1.165) is 25.6 Å². The first-order valence-corrected chi connectivity index (χ1v) is 5.95. The molecule has 0 bridgehead atoms. The number of nitrogens with one attached hydrogen (secondary N) is 1. The van der Waals surface area contributed by atoms with Gasteiger partial charge in [0.05, 0.1) is 0 Å². The van der Waals surface area contributed by atoms with Gasteiger partial charge in [-0.3, -0.25) is 10.00 Å². The van der Waals surface area contributed by atoms with Crippen molar-refractivity contribution in [3.05, 3.63) is 17.5 Å². The SMILES string of the molecule is CC(N)C1CCN(Cc2cc(C(F)(F)F)n[nH]2)C1.Cl. The lowest BCUT2D eigenvalue weighted by Gasteiger charge is -2.16. The van der Waals surface area contributed by atoms with Crippen molar-refractivity contribution in [1.82, 2.24) is 15.1 Å². The lowest BCUT2D eigenvalue weighted by atomic mass is 10.0. The molecule has 1 aromatic heterocycles. The topological polar surface area (TPSA) is 57.9 Å². The number of alkyl halides is 3. The maximum absolute atomic E-state index is 12.4. The third-order valence-corrected chi connectivity index (χ3v) is 3.37. The van der Waals surface area contributed by atoms with Gasteiger partial charge < -0.3 is 5.73 Å². The molecule has 2 unspecified atom stereocenters. The largest absolute Gasteiger partial charge is 0.435 e. The second kappa shape index (κ2) is 6.11. The Bertz CT molecular complexity index is 405. The summed E-state index contributed by atoms with van der Waals surface area (Å²) in [4.78, 5) is 2.10. The lowest BCUT2D eigenvalue weighted by molar-refractivity contribution is -0.141. The molecule has 0 spiro atoms. The molecule has 2 rings (SSSR count). The number of halogens is 4. The van der Waals surface area contributed by atoms with Crippen molar-refractivity contribution in [3.63, 3.8) is 0 Å². The normalized spacial score (nSPS) is 22.3. The second-order valence-electron chi connectivity index (χ2n) is 4.92. The van der Waals surface area contributed by atoms with Crippen LogP contribution in [0.15, 0.2) is 6.07 Å². The van der Waals surface area contributed by atoms with Gasteiger partial charge in [0, 0.05) is 24.8 Å². The zero-order chi connectivity index (χ0) is 13.3. The van der Waals surface area contributed by atoms with Crippen molar-refractivity contribution in [2.24, 2.45) is 11.7 Å². The van der Waals surface area contributed by atoms with E-state index in [2.05, 4.69) is 15.1 Å². The number of rotatable bonds is 3. The third kappa shape index (κ3) is 4.09. The monoisotopic (exact) mass is 298 g/mol. The van der Waals surface area contributed by atoms with E-state index >= 15 is 0 Å². The van der Waals surface area contributed by atoms with Crippen LogP contribution in [0.3, 0.4) is 0 Å². The molecule has 1 saturated heterocycles. The standard InChI is InChI=1S/C11H17F3N4.ClH/c1-7(15)8-2-3-18(5-8)6-9-4-10(17-16-9)11(12,13)14;/h4,7-8H,2-3,5-6,15H2,1H3,(H,16,17);1H. The molecule has 3 N–H and O–H groups in total. The number of hydrogen-bond donors (Lipinski definition) is 2. The fourth-order valence-electron chi connectivity index (χ4n) is 2.26. The minimum absolute atomic E-state index is 0. The van der Waals surface area contributed by atoms with Gasteiger partial charge in [-0.1, -0.05) is 0 Å². The summed E-state index contributed by atoms with van der Waals surface area (Å²) in [5.41, 5.74) is 5.45. The minimum Gasteiger partial charge on any atom is -0.328 e. The molecule has 19 heavy (non-hydrogen) atoms. The summed E-state index contributed by atoms with van der Waals surface area (Å²) in [5, 5.41) is 5.72. The Morgan fingerprint density at radius 2 is 2.26 bits per heavy atom. The summed E-state index contributed by atoms with van der Waals surface area (Å²) < 4.78 is 37.1. The zero-order valence-corrected chi connectivity index (χ0v) is 11.4. The van der Waals surface area contributed by atoms with E-state index in [4.69, 9.17) is 5.73 Å². The minimum atomic E-state index is -4.38. The van der Waals surface area contributed by atoms with Crippen LogP contribution in [0.4, 0.5) is 13.2 Å². The molecule has 1 aromatic rings. The highest BCUT2D eigenvalue weighted by Crippen LogP contribution is 2.28. The van der Waals surface area contributed by atoms with E-state index in [9.17, 15) is 13.2 Å². The van der Waals surface area contributed by atoms with Gasteiger partial charge in [-0.15, -0.1) is 12.4 Å². The lowest BCUT2D eigenvalue weighted by Crippen LogP contribution is -2.29. The molecule has 0 radical (unpaired) electrons. The average Bonchev–Trinajstić information content (AvgIpc) is 2.85. The van der Waals surface area contributed by atoms with E-state index in [-0.39, 0.29) is 18.4 Å². The molecule has 0 aliphatic carbocycles. The predicted molar refractivity (Wildman–Crippen MR) is 67.9 cm³/mol. The summed E-state index contributed by atoms with van der Waals surface area (Å²) >= 11 is 0. The van der Waals surface area contributed by atoms with Crippen molar-refractivity contribution in [1.29, 1.82) is 0 Å². The molecule has 8 heteroatoms. The number of likely N-dealkylation sites (tertiary alicyclic amines) is 1. The smallest absolute Gasteiger partial charge is 0.328 e. The molecule has 1 aliphatic rings. The Kier molecular flexibility index (Phi) is 5.23. The highest BCUT2D eigenvalue weighted by atomic mass is 35.5. The van der Waals surface area contributed by atoms with Gasteiger partial charge in [-0.05, 0) is 31.9 Å². The summed E-state index contributed by atoms with van der Waals surface area (Å²) in [7, 11) is 0. The molecule has 1 aliphatic heterocycles. The number of hydrogen-bond acceptors (Lipinski definition) is 3. The van der Waals surface area contributed by atoms with Crippen LogP contribution in [0.5, 0.6) is 0 Å². The molecular formula is C11H18ClF3N4. The Hall–Kier alpha value is -0.790. The van der Waals surface area contributed by atoms with Gasteiger partial charge in [0.25, 0.3) is 0 Å². The Labute approximate surface area is 115 Å². The van der Waals surface area contributed by atoms with E-state index in [1.165, 1.54) is 0 Å². The summed E-state index contributed by atoms with van der Waals surface area (Å²) in [6, 6.07) is 1.20. The fraction of sp³-hybridized carbons (Fsp3) is 0.727. The van der Waals surface area contributed by atoms with Gasteiger partial charge in [0.2, 0.25) is 0 Å². The number of aromatic amines is 1. The Morgan fingerprint density at radius 3 is 2.74 bits per heavy atom. The highest BCUT2D eigenvalue weighted by molar-refractivity contribution is 5.85. The van der Waals surface area contributed by atoms with Crippen LogP contribution < -0.4 is 5.73 Å². The van der Waals surface area contributed by atoms with Crippen LogP contribution in [0.2, 0.25) is 0 Å². The first-order valence-electron chi connectivity index (χ1n) is 5.95. The van der Waals surface area contributed by atoms with E-state index in [0.29, 0.717) is 18.2 Å². The molecule has 2 atom stereocenters. The summed E-state index contributed by atoms with van der Waals surface area (Å²) in [5.74, 6) is 0.426. The molecule has 0 amide bonds. The first kappa shape index (κ1) is 16.3. The van der Waals surface area contributed by atoms with Gasteiger partial charge in [0.15, 0.2) is 5.69 Å². The van der Waals surface area contributed by atoms with Gasteiger partial charge in [-0.25, -0.2) is 0 Å². The quantitative estimate of drug-likeness (QED) is 0.897. The van der Waals surface area contributed by atoms with Crippen LogP contribution in [0.25, 0.3) is 0 Å². The van der Waals surface area contributed by atoms with Crippen molar-refractivity contribution < 1.29 is 13.2 Å². The summed E-state index contributed by atoms with van der Waals surface area (Å²) in [6.45, 7) is 4.13. The predicted octanol–water partition coefficient (Wildman–Crippen LogP) is 2.02. The first-order chi connectivity index (χ1) is 8.36. The second-order valence-corrected chi connectivity index (χ2v) is 4.92. The number of aromatic nitrogens is 2. The van der Waals surface area contributed by atoms with Crippen molar-refractivity contribution >= 4 is 12.4 Å². The molecule has 0 aromatic carbocycles.